The summed E-state index contributed by atoms with van der Waals surface area (Å²) >= 11 is 7.83. The molecule has 2 aromatic rings. The van der Waals surface area contributed by atoms with Crippen molar-refractivity contribution in [1.29, 1.82) is 0 Å². The van der Waals surface area contributed by atoms with Gasteiger partial charge in [0.15, 0.2) is 0 Å². The van der Waals surface area contributed by atoms with Crippen molar-refractivity contribution >= 4 is 29.2 Å². The number of hydrogen-bond acceptors (Lipinski definition) is 5. The standard InChI is InChI=1S/C15H18ClN3OS/c1-11(19-15-14(16)9-17-10-18-15)12-3-5-13(6-4-12)21-8-7-20-2/h3-6,9-11H,7-8H2,1-2H3,(H,17,18,19). The highest BCUT2D eigenvalue weighted by Gasteiger charge is 2.08. The molecule has 0 amide bonds. The molecule has 0 aliphatic rings. The number of nitrogens with one attached hydrogen (secondary N) is 1. The van der Waals surface area contributed by atoms with E-state index in [1.807, 2.05) is 0 Å². The zero-order chi connectivity index (χ0) is 15.1. The van der Waals surface area contributed by atoms with Gasteiger partial charge in [0.05, 0.1) is 12.8 Å². The Kier molecular flexibility index (Phi) is 6.29. The number of rotatable bonds is 7. The lowest BCUT2D eigenvalue weighted by atomic mass is 10.1. The van der Waals surface area contributed by atoms with Crippen LogP contribution in [0.25, 0.3) is 0 Å². The fourth-order valence-electron chi connectivity index (χ4n) is 1.80. The minimum Gasteiger partial charge on any atom is -0.384 e. The molecule has 1 N–H and O–H groups in total. The summed E-state index contributed by atoms with van der Waals surface area (Å²) in [5.74, 6) is 1.61. The molecular formula is C15H18ClN3OS. The van der Waals surface area contributed by atoms with E-state index in [2.05, 4.69) is 46.5 Å². The molecule has 0 fully saturated rings. The number of anilines is 1. The minimum absolute atomic E-state index is 0.121. The number of methoxy groups -OCH3 is 1. The van der Waals surface area contributed by atoms with Crippen LogP contribution >= 0.6 is 23.4 Å². The van der Waals surface area contributed by atoms with Crippen LogP contribution in [0.4, 0.5) is 5.82 Å². The normalized spacial score (nSPS) is 12.1. The molecular weight excluding hydrogens is 306 g/mol. The molecule has 1 atom stereocenters. The van der Waals surface area contributed by atoms with Crippen molar-refractivity contribution in [2.75, 3.05) is 24.8 Å². The van der Waals surface area contributed by atoms with Crippen molar-refractivity contribution < 1.29 is 4.74 Å². The highest BCUT2D eigenvalue weighted by molar-refractivity contribution is 7.99. The van der Waals surface area contributed by atoms with Crippen LogP contribution in [-0.2, 0) is 4.74 Å². The van der Waals surface area contributed by atoms with Gasteiger partial charge in [0.25, 0.3) is 0 Å². The van der Waals surface area contributed by atoms with E-state index >= 15 is 0 Å². The van der Waals surface area contributed by atoms with Crippen molar-refractivity contribution in [3.05, 3.63) is 47.4 Å². The molecule has 1 aromatic heterocycles. The van der Waals surface area contributed by atoms with Crippen LogP contribution in [0.3, 0.4) is 0 Å². The van der Waals surface area contributed by atoms with Gasteiger partial charge in [-0.15, -0.1) is 11.8 Å². The Bertz CT molecular complexity index is 565. The van der Waals surface area contributed by atoms with Crippen molar-refractivity contribution in [2.45, 2.75) is 17.9 Å². The first kappa shape index (κ1) is 16.1. The maximum absolute atomic E-state index is 6.05. The second-order valence-electron chi connectivity index (χ2n) is 4.50. The first-order valence-electron chi connectivity index (χ1n) is 6.64. The quantitative estimate of drug-likeness (QED) is 0.615. The third kappa shape index (κ3) is 4.88. The Morgan fingerprint density at radius 1 is 1.33 bits per heavy atom. The predicted molar refractivity (Wildman–Crippen MR) is 88.1 cm³/mol. The molecule has 112 valence electrons. The number of thioether (sulfide) groups is 1. The molecule has 21 heavy (non-hydrogen) atoms. The van der Waals surface area contributed by atoms with E-state index < -0.39 is 0 Å². The molecule has 0 saturated heterocycles. The molecule has 0 radical (unpaired) electrons. The van der Waals surface area contributed by atoms with Gasteiger partial charge in [0.2, 0.25) is 0 Å². The lowest BCUT2D eigenvalue weighted by Gasteiger charge is -2.16. The first-order chi connectivity index (χ1) is 10.2. The van der Waals surface area contributed by atoms with Crippen molar-refractivity contribution in [3.63, 3.8) is 0 Å². The van der Waals surface area contributed by atoms with E-state index in [0.29, 0.717) is 10.8 Å². The second-order valence-corrected chi connectivity index (χ2v) is 6.07. The van der Waals surface area contributed by atoms with Gasteiger partial charge >= 0.3 is 0 Å². The van der Waals surface area contributed by atoms with Crippen LogP contribution < -0.4 is 5.32 Å². The minimum atomic E-state index is 0.121. The number of nitrogens with zero attached hydrogens (tertiary/aromatic N) is 2. The summed E-state index contributed by atoms with van der Waals surface area (Å²) in [4.78, 5) is 9.25. The third-order valence-electron chi connectivity index (χ3n) is 2.96. The first-order valence-corrected chi connectivity index (χ1v) is 8.01. The van der Waals surface area contributed by atoms with Gasteiger partial charge in [-0.25, -0.2) is 9.97 Å². The lowest BCUT2D eigenvalue weighted by Crippen LogP contribution is -2.08. The molecule has 1 heterocycles. The lowest BCUT2D eigenvalue weighted by molar-refractivity contribution is 0.218. The summed E-state index contributed by atoms with van der Waals surface area (Å²) in [7, 11) is 1.72. The molecule has 6 heteroatoms. The van der Waals surface area contributed by atoms with Gasteiger partial charge in [-0.05, 0) is 24.6 Å². The van der Waals surface area contributed by atoms with Crippen LogP contribution in [0, 0.1) is 0 Å². The van der Waals surface area contributed by atoms with E-state index in [1.54, 1.807) is 25.1 Å². The molecule has 0 spiro atoms. The number of aromatic nitrogens is 2. The van der Waals surface area contributed by atoms with Gasteiger partial charge in [-0.3, -0.25) is 0 Å². The Labute approximate surface area is 134 Å². The third-order valence-corrected chi connectivity index (χ3v) is 4.21. The van der Waals surface area contributed by atoms with E-state index in [-0.39, 0.29) is 6.04 Å². The summed E-state index contributed by atoms with van der Waals surface area (Å²) < 4.78 is 5.05. The van der Waals surface area contributed by atoms with E-state index in [4.69, 9.17) is 16.3 Å². The van der Waals surface area contributed by atoms with Gasteiger partial charge < -0.3 is 10.1 Å². The Morgan fingerprint density at radius 2 is 2.10 bits per heavy atom. The molecule has 4 nitrogen and oxygen atoms in total. The SMILES string of the molecule is COCCSc1ccc(C(C)Nc2ncncc2Cl)cc1. The largest absolute Gasteiger partial charge is 0.384 e. The van der Waals surface area contributed by atoms with Crippen molar-refractivity contribution in [3.8, 4) is 0 Å². The van der Waals surface area contributed by atoms with Gasteiger partial charge in [0.1, 0.15) is 17.2 Å². The summed E-state index contributed by atoms with van der Waals surface area (Å²) in [6.45, 7) is 2.84. The maximum atomic E-state index is 6.05. The van der Waals surface area contributed by atoms with E-state index in [9.17, 15) is 0 Å². The van der Waals surface area contributed by atoms with Crippen molar-refractivity contribution in [2.24, 2.45) is 0 Å². The second kappa shape index (κ2) is 8.22. The molecule has 0 aliphatic heterocycles. The molecule has 0 saturated carbocycles. The van der Waals surface area contributed by atoms with E-state index in [0.717, 1.165) is 12.4 Å². The van der Waals surface area contributed by atoms with Crippen molar-refractivity contribution in [1.82, 2.24) is 9.97 Å². The maximum Gasteiger partial charge on any atom is 0.148 e. The fraction of sp³-hybridized carbons (Fsp3) is 0.333. The number of benzene rings is 1. The molecule has 1 aromatic carbocycles. The van der Waals surface area contributed by atoms with Crippen LogP contribution in [0.15, 0.2) is 41.7 Å². The zero-order valence-corrected chi connectivity index (χ0v) is 13.6. The van der Waals surface area contributed by atoms with Gasteiger partial charge in [-0.1, -0.05) is 23.7 Å². The highest BCUT2D eigenvalue weighted by Crippen LogP contribution is 2.25. The van der Waals surface area contributed by atoms with Crippen LogP contribution in [0.1, 0.15) is 18.5 Å². The van der Waals surface area contributed by atoms with Crippen LogP contribution in [0.5, 0.6) is 0 Å². The Balaban J connectivity index is 1.96. The van der Waals surface area contributed by atoms with Crippen LogP contribution in [-0.4, -0.2) is 29.4 Å². The molecule has 2 rings (SSSR count). The monoisotopic (exact) mass is 323 g/mol. The summed E-state index contributed by atoms with van der Waals surface area (Å²) in [5.41, 5.74) is 1.18. The smallest absolute Gasteiger partial charge is 0.148 e. The summed E-state index contributed by atoms with van der Waals surface area (Å²) in [5, 5.41) is 3.81. The number of hydrogen-bond donors (Lipinski definition) is 1. The molecule has 1 unspecified atom stereocenters. The molecule has 0 aliphatic carbocycles. The highest BCUT2D eigenvalue weighted by atomic mass is 35.5. The molecule has 0 bridgehead atoms. The topological polar surface area (TPSA) is 47.0 Å². The van der Waals surface area contributed by atoms with E-state index in [1.165, 1.54) is 16.8 Å². The summed E-state index contributed by atoms with van der Waals surface area (Å²) in [6, 6.07) is 8.59. The zero-order valence-electron chi connectivity index (χ0n) is 12.0. The van der Waals surface area contributed by atoms with Crippen LogP contribution in [0.2, 0.25) is 5.02 Å². The Hall–Kier alpha value is -1.30. The fourth-order valence-corrected chi connectivity index (χ4v) is 2.78. The predicted octanol–water partition coefficient (Wildman–Crippen LogP) is 4.04. The van der Waals surface area contributed by atoms with Gasteiger partial charge in [-0.2, -0.15) is 0 Å². The number of halogens is 1. The average molecular weight is 324 g/mol. The average Bonchev–Trinajstić information content (AvgIpc) is 2.50. The van der Waals surface area contributed by atoms with Gasteiger partial charge in [0, 0.05) is 23.8 Å². The summed E-state index contributed by atoms with van der Waals surface area (Å²) in [6.07, 6.45) is 3.07. The number of ether oxygens (including phenoxy) is 1. The Morgan fingerprint density at radius 3 is 2.76 bits per heavy atom.